The van der Waals surface area contributed by atoms with E-state index in [0.29, 0.717) is 11.6 Å². The Labute approximate surface area is 163 Å². The van der Waals surface area contributed by atoms with Crippen molar-refractivity contribution in [1.82, 2.24) is 5.32 Å². The third-order valence-electron chi connectivity index (χ3n) is 4.27. The molecule has 0 aliphatic carbocycles. The minimum atomic E-state index is -0.0773. The van der Waals surface area contributed by atoms with Crippen LogP contribution in [0.15, 0.2) is 72.1 Å². The van der Waals surface area contributed by atoms with E-state index in [2.05, 4.69) is 34.2 Å². The Kier molecular flexibility index (Phi) is 6.45. The number of carbonyl (C=O) groups is 1. The summed E-state index contributed by atoms with van der Waals surface area (Å²) in [5.41, 5.74) is 2.20. The van der Waals surface area contributed by atoms with Gasteiger partial charge in [-0.05, 0) is 36.1 Å². The molecule has 3 nitrogen and oxygen atoms in total. The van der Waals surface area contributed by atoms with Gasteiger partial charge in [0.2, 0.25) is 0 Å². The first kappa shape index (κ1) is 18.6. The minimum Gasteiger partial charge on any atom is -0.345 e. The summed E-state index contributed by atoms with van der Waals surface area (Å²) < 4.78 is 0. The largest absolute Gasteiger partial charge is 0.345 e. The quantitative estimate of drug-likeness (QED) is 0.636. The molecule has 0 saturated carbocycles. The van der Waals surface area contributed by atoms with Crippen molar-refractivity contribution in [3.05, 3.63) is 93.1 Å². The van der Waals surface area contributed by atoms with E-state index < -0.39 is 0 Å². The summed E-state index contributed by atoms with van der Waals surface area (Å²) in [6.45, 7) is 2.33. The second-order valence-electron chi connectivity index (χ2n) is 6.19. The lowest BCUT2D eigenvalue weighted by molar-refractivity contribution is -0.676. The van der Waals surface area contributed by atoms with Crippen molar-refractivity contribution in [2.45, 2.75) is 19.0 Å². The van der Waals surface area contributed by atoms with Crippen molar-refractivity contribution >= 4 is 28.8 Å². The summed E-state index contributed by atoms with van der Waals surface area (Å²) in [6.07, 6.45) is 0. The Hall–Kier alpha value is -2.14. The molecule has 0 bridgehead atoms. The molecular formula is C21H22ClN2OS+. The summed E-state index contributed by atoms with van der Waals surface area (Å²) >= 11 is 7.75. The number of benzene rings is 2. The Balaban J connectivity index is 1.63. The number of nitrogens with two attached hydrogens (primary N) is 1. The third-order valence-corrected chi connectivity index (χ3v) is 5.46. The summed E-state index contributed by atoms with van der Waals surface area (Å²) in [7, 11) is 0. The van der Waals surface area contributed by atoms with Gasteiger partial charge in [0.15, 0.2) is 6.54 Å². The standard InChI is InChI=1S/C21H21ClN2OS/c1-15(17-9-5-10-18(22)13-17)24-20(25)14-23-21(19-11-6-12-26-19)16-7-3-2-4-8-16/h2-13,15,21,23H,14H2,1H3,(H,24,25)/p+1/t15-,21+/m0/s1. The highest BCUT2D eigenvalue weighted by Gasteiger charge is 2.20. The fraction of sp³-hybridized carbons (Fsp3) is 0.190. The summed E-state index contributed by atoms with van der Waals surface area (Å²) in [5, 5.41) is 7.88. The summed E-state index contributed by atoms with van der Waals surface area (Å²) in [5.74, 6) is 0.00922. The van der Waals surface area contributed by atoms with E-state index >= 15 is 0 Å². The van der Waals surface area contributed by atoms with Gasteiger partial charge in [-0.1, -0.05) is 60.1 Å². The van der Waals surface area contributed by atoms with Crippen molar-refractivity contribution in [1.29, 1.82) is 0 Å². The Morgan fingerprint density at radius 2 is 1.85 bits per heavy atom. The van der Waals surface area contributed by atoms with E-state index in [0.717, 1.165) is 5.56 Å². The van der Waals surface area contributed by atoms with E-state index in [1.54, 1.807) is 11.3 Å². The van der Waals surface area contributed by atoms with Gasteiger partial charge in [-0.15, -0.1) is 11.3 Å². The smallest absolute Gasteiger partial charge is 0.275 e. The maximum absolute atomic E-state index is 12.4. The number of nitrogens with one attached hydrogen (secondary N) is 1. The van der Waals surface area contributed by atoms with Gasteiger partial charge < -0.3 is 10.6 Å². The van der Waals surface area contributed by atoms with Crippen LogP contribution in [0, 0.1) is 0 Å². The number of thiophene rings is 1. The first-order valence-electron chi connectivity index (χ1n) is 8.60. The molecule has 0 aliphatic heterocycles. The highest BCUT2D eigenvalue weighted by molar-refractivity contribution is 7.10. The highest BCUT2D eigenvalue weighted by atomic mass is 35.5. The third kappa shape index (κ3) is 4.94. The Morgan fingerprint density at radius 3 is 2.54 bits per heavy atom. The van der Waals surface area contributed by atoms with Gasteiger partial charge in [0.1, 0.15) is 6.04 Å². The SMILES string of the molecule is C[C@H](NC(=O)C[NH2+][C@H](c1ccccc1)c1cccs1)c1cccc(Cl)c1. The molecule has 134 valence electrons. The number of halogens is 1. The average Bonchev–Trinajstić information content (AvgIpc) is 3.17. The molecule has 26 heavy (non-hydrogen) atoms. The molecule has 3 aromatic rings. The van der Waals surface area contributed by atoms with Gasteiger partial charge in [-0.25, -0.2) is 0 Å². The number of hydrogen-bond donors (Lipinski definition) is 2. The van der Waals surface area contributed by atoms with Crippen LogP contribution < -0.4 is 10.6 Å². The lowest BCUT2D eigenvalue weighted by Gasteiger charge is -2.17. The lowest BCUT2D eigenvalue weighted by Crippen LogP contribution is -2.87. The van der Waals surface area contributed by atoms with Crippen molar-refractivity contribution in [3.8, 4) is 0 Å². The van der Waals surface area contributed by atoms with Gasteiger partial charge in [-0.3, -0.25) is 4.79 Å². The molecule has 1 aromatic heterocycles. The minimum absolute atomic E-state index is 0.00922. The zero-order chi connectivity index (χ0) is 18.4. The van der Waals surface area contributed by atoms with Gasteiger partial charge in [0, 0.05) is 10.6 Å². The van der Waals surface area contributed by atoms with Gasteiger partial charge >= 0.3 is 0 Å². The highest BCUT2D eigenvalue weighted by Crippen LogP contribution is 2.22. The summed E-state index contributed by atoms with van der Waals surface area (Å²) in [6, 6.07) is 22.1. The van der Waals surface area contributed by atoms with Crippen molar-refractivity contribution in [2.24, 2.45) is 0 Å². The molecule has 0 fully saturated rings. The van der Waals surface area contributed by atoms with E-state index in [1.165, 1.54) is 10.4 Å². The molecule has 2 aromatic carbocycles. The summed E-state index contributed by atoms with van der Waals surface area (Å²) in [4.78, 5) is 13.7. The zero-order valence-electron chi connectivity index (χ0n) is 14.6. The van der Waals surface area contributed by atoms with Crippen molar-refractivity contribution in [2.75, 3.05) is 6.54 Å². The maximum Gasteiger partial charge on any atom is 0.275 e. The Morgan fingerprint density at radius 1 is 1.08 bits per heavy atom. The predicted octanol–water partition coefficient (Wildman–Crippen LogP) is 3.93. The first-order valence-corrected chi connectivity index (χ1v) is 9.86. The van der Waals surface area contributed by atoms with Crippen LogP contribution in [-0.2, 0) is 4.79 Å². The topological polar surface area (TPSA) is 45.7 Å². The molecular weight excluding hydrogens is 364 g/mol. The van der Waals surface area contributed by atoms with E-state index in [9.17, 15) is 4.79 Å². The monoisotopic (exact) mass is 385 g/mol. The normalized spacial score (nSPS) is 13.2. The Bertz CT molecular complexity index is 836. The molecule has 0 spiro atoms. The lowest BCUT2D eigenvalue weighted by atomic mass is 10.1. The number of carbonyl (C=O) groups excluding carboxylic acids is 1. The second kappa shape index (κ2) is 8.99. The first-order chi connectivity index (χ1) is 12.6. The van der Waals surface area contributed by atoms with Crippen LogP contribution in [0.3, 0.4) is 0 Å². The fourth-order valence-electron chi connectivity index (χ4n) is 2.93. The van der Waals surface area contributed by atoms with Crippen LogP contribution in [0.25, 0.3) is 0 Å². The number of hydrogen-bond acceptors (Lipinski definition) is 2. The average molecular weight is 386 g/mol. The molecule has 1 heterocycles. The molecule has 0 unspecified atom stereocenters. The number of quaternary nitrogens is 1. The second-order valence-corrected chi connectivity index (χ2v) is 7.60. The van der Waals surface area contributed by atoms with Crippen LogP contribution in [-0.4, -0.2) is 12.5 Å². The number of rotatable bonds is 7. The van der Waals surface area contributed by atoms with Crippen LogP contribution in [0.1, 0.15) is 35.0 Å². The van der Waals surface area contributed by atoms with E-state index in [-0.39, 0.29) is 18.0 Å². The fourth-order valence-corrected chi connectivity index (χ4v) is 3.98. The van der Waals surface area contributed by atoms with Crippen molar-refractivity contribution in [3.63, 3.8) is 0 Å². The molecule has 3 N–H and O–H groups in total. The van der Waals surface area contributed by atoms with E-state index in [1.807, 2.05) is 55.5 Å². The van der Waals surface area contributed by atoms with Crippen LogP contribution in [0.5, 0.6) is 0 Å². The van der Waals surface area contributed by atoms with Crippen LogP contribution in [0.2, 0.25) is 5.02 Å². The number of amides is 1. The maximum atomic E-state index is 12.4. The van der Waals surface area contributed by atoms with Crippen molar-refractivity contribution < 1.29 is 10.1 Å². The van der Waals surface area contributed by atoms with Crippen LogP contribution in [0.4, 0.5) is 0 Å². The molecule has 1 amide bonds. The molecule has 0 saturated heterocycles. The molecule has 2 atom stereocenters. The van der Waals surface area contributed by atoms with Gasteiger partial charge in [-0.2, -0.15) is 0 Å². The zero-order valence-corrected chi connectivity index (χ0v) is 16.1. The van der Waals surface area contributed by atoms with Gasteiger partial charge in [0.25, 0.3) is 5.91 Å². The van der Waals surface area contributed by atoms with Crippen LogP contribution >= 0.6 is 22.9 Å². The van der Waals surface area contributed by atoms with Gasteiger partial charge in [0.05, 0.1) is 10.9 Å². The molecule has 3 rings (SSSR count). The predicted molar refractivity (Wildman–Crippen MR) is 107 cm³/mol. The molecule has 5 heteroatoms. The molecule has 0 radical (unpaired) electrons. The molecule has 0 aliphatic rings. The van der Waals surface area contributed by atoms with E-state index in [4.69, 9.17) is 11.6 Å².